The Hall–Kier alpha value is -1.82. The average Bonchev–Trinajstić information content (AvgIpc) is 2.96. The fourth-order valence-corrected chi connectivity index (χ4v) is 3.95. The summed E-state index contributed by atoms with van der Waals surface area (Å²) < 4.78 is 1.98. The predicted octanol–water partition coefficient (Wildman–Crippen LogP) is 3.28. The van der Waals surface area contributed by atoms with Crippen molar-refractivity contribution in [3.8, 4) is 11.4 Å². The minimum absolute atomic E-state index is 0.143. The van der Waals surface area contributed by atoms with Crippen molar-refractivity contribution in [3.63, 3.8) is 0 Å². The summed E-state index contributed by atoms with van der Waals surface area (Å²) in [7, 11) is 1.96. The molecule has 0 N–H and O–H groups in total. The Labute approximate surface area is 147 Å². The molecule has 2 heterocycles. The molecule has 5 nitrogen and oxygen atoms in total. The molecule has 0 saturated carbocycles. The number of nitrogens with zero attached hydrogens (tertiary/aromatic N) is 4. The Balaban J connectivity index is 1.74. The van der Waals surface area contributed by atoms with Gasteiger partial charge in [-0.25, -0.2) is 0 Å². The molecule has 1 amide bonds. The fraction of sp³-hybridized carbons (Fsp3) is 0.500. The largest absolute Gasteiger partial charge is 0.342 e. The number of hydrogen-bond donors (Lipinski definition) is 0. The second-order valence-corrected chi connectivity index (χ2v) is 7.63. The lowest BCUT2D eigenvalue weighted by Gasteiger charge is -2.28. The highest BCUT2D eigenvalue weighted by Gasteiger charge is 2.25. The first-order chi connectivity index (χ1) is 11.6. The third-order valence-electron chi connectivity index (χ3n) is 4.52. The van der Waals surface area contributed by atoms with Crippen LogP contribution in [0.1, 0.15) is 31.7 Å². The number of likely N-dealkylation sites (tertiary alicyclic amines) is 1. The molecular weight excluding hydrogens is 320 g/mol. The highest BCUT2D eigenvalue weighted by Crippen LogP contribution is 2.28. The van der Waals surface area contributed by atoms with E-state index in [0.717, 1.165) is 42.5 Å². The van der Waals surface area contributed by atoms with Crippen molar-refractivity contribution >= 4 is 17.7 Å². The number of benzene rings is 1. The number of carbonyl (C=O) groups excluding carboxylic acids is 1. The topological polar surface area (TPSA) is 51.0 Å². The van der Waals surface area contributed by atoms with Gasteiger partial charge in [-0.1, -0.05) is 36.0 Å². The number of hydrogen-bond acceptors (Lipinski definition) is 4. The van der Waals surface area contributed by atoms with Crippen LogP contribution in [0, 0.1) is 6.92 Å². The lowest BCUT2D eigenvalue weighted by Crippen LogP contribution is -2.40. The molecule has 0 unspecified atom stereocenters. The average molecular weight is 344 g/mol. The van der Waals surface area contributed by atoms with Crippen molar-refractivity contribution in [2.45, 2.75) is 43.5 Å². The first kappa shape index (κ1) is 17.0. The van der Waals surface area contributed by atoms with Crippen molar-refractivity contribution in [2.24, 2.45) is 7.05 Å². The molecule has 1 aromatic carbocycles. The van der Waals surface area contributed by atoms with Crippen LogP contribution < -0.4 is 0 Å². The van der Waals surface area contributed by atoms with E-state index in [1.807, 2.05) is 35.6 Å². The van der Waals surface area contributed by atoms with Crippen LogP contribution in [0.3, 0.4) is 0 Å². The summed E-state index contributed by atoms with van der Waals surface area (Å²) >= 11 is 1.49. The summed E-state index contributed by atoms with van der Waals surface area (Å²) in [6, 6.07) is 8.14. The third-order valence-corrected chi connectivity index (χ3v) is 5.64. The third kappa shape index (κ3) is 3.48. The number of carbonyl (C=O) groups is 1. The van der Waals surface area contributed by atoms with Crippen molar-refractivity contribution in [1.82, 2.24) is 19.7 Å². The van der Waals surface area contributed by atoms with Crippen LogP contribution in [0.2, 0.25) is 0 Å². The highest BCUT2D eigenvalue weighted by atomic mass is 32.2. The van der Waals surface area contributed by atoms with Gasteiger partial charge in [0.15, 0.2) is 11.0 Å². The second kappa shape index (κ2) is 7.38. The molecule has 0 bridgehead atoms. The quantitative estimate of drug-likeness (QED) is 0.799. The Kier molecular flexibility index (Phi) is 5.23. The minimum Gasteiger partial charge on any atom is -0.342 e. The van der Waals surface area contributed by atoms with Gasteiger partial charge in [0, 0.05) is 25.7 Å². The van der Waals surface area contributed by atoms with Gasteiger partial charge in [0.2, 0.25) is 5.91 Å². The molecule has 0 aliphatic carbocycles. The Morgan fingerprint density at radius 3 is 2.58 bits per heavy atom. The van der Waals surface area contributed by atoms with E-state index in [4.69, 9.17) is 0 Å². The summed E-state index contributed by atoms with van der Waals surface area (Å²) in [6.07, 6.45) is 3.46. The molecule has 1 atom stereocenters. The first-order valence-electron chi connectivity index (χ1n) is 8.49. The Morgan fingerprint density at radius 1 is 1.17 bits per heavy atom. The Bertz CT molecular complexity index is 722. The number of thioether (sulfide) groups is 1. The van der Waals surface area contributed by atoms with Crippen LogP contribution in [0.25, 0.3) is 11.4 Å². The van der Waals surface area contributed by atoms with E-state index in [1.54, 1.807) is 0 Å². The van der Waals surface area contributed by atoms with Gasteiger partial charge in [-0.3, -0.25) is 4.79 Å². The lowest BCUT2D eigenvalue weighted by molar-refractivity contribution is -0.131. The maximum Gasteiger partial charge on any atom is 0.235 e. The predicted molar refractivity (Wildman–Crippen MR) is 96.9 cm³/mol. The fourth-order valence-electron chi connectivity index (χ4n) is 3.06. The van der Waals surface area contributed by atoms with Crippen LogP contribution >= 0.6 is 11.8 Å². The van der Waals surface area contributed by atoms with Crippen LogP contribution in [-0.4, -0.2) is 43.9 Å². The lowest BCUT2D eigenvalue weighted by atomic mass is 10.1. The second-order valence-electron chi connectivity index (χ2n) is 6.33. The van der Waals surface area contributed by atoms with Gasteiger partial charge in [0.25, 0.3) is 0 Å². The van der Waals surface area contributed by atoms with E-state index in [0.29, 0.717) is 0 Å². The summed E-state index contributed by atoms with van der Waals surface area (Å²) in [5.41, 5.74) is 2.25. The molecule has 0 radical (unpaired) electrons. The number of rotatable bonds is 4. The monoisotopic (exact) mass is 344 g/mol. The van der Waals surface area contributed by atoms with E-state index in [-0.39, 0.29) is 11.2 Å². The molecular formula is C18H24N4OS. The van der Waals surface area contributed by atoms with Gasteiger partial charge >= 0.3 is 0 Å². The van der Waals surface area contributed by atoms with E-state index >= 15 is 0 Å². The molecule has 0 spiro atoms. The molecule has 3 rings (SSSR count). The normalized spacial score (nSPS) is 16.2. The Morgan fingerprint density at radius 2 is 1.88 bits per heavy atom. The summed E-state index contributed by atoms with van der Waals surface area (Å²) in [5, 5.41) is 9.29. The van der Waals surface area contributed by atoms with Crippen LogP contribution in [0.15, 0.2) is 29.4 Å². The molecule has 1 aliphatic rings. The number of aryl methyl sites for hydroxylation is 1. The first-order valence-corrected chi connectivity index (χ1v) is 9.36. The van der Waals surface area contributed by atoms with Gasteiger partial charge in [0.05, 0.1) is 5.25 Å². The number of aromatic nitrogens is 3. The molecule has 1 aliphatic heterocycles. The van der Waals surface area contributed by atoms with Crippen LogP contribution in [-0.2, 0) is 11.8 Å². The zero-order valence-electron chi connectivity index (χ0n) is 14.5. The number of amides is 1. The van der Waals surface area contributed by atoms with E-state index < -0.39 is 0 Å². The van der Waals surface area contributed by atoms with Crippen molar-refractivity contribution in [2.75, 3.05) is 13.1 Å². The van der Waals surface area contributed by atoms with Crippen LogP contribution in [0.4, 0.5) is 0 Å². The smallest absolute Gasteiger partial charge is 0.235 e. The van der Waals surface area contributed by atoms with E-state index in [1.165, 1.54) is 23.7 Å². The molecule has 24 heavy (non-hydrogen) atoms. The molecule has 2 aromatic rings. The summed E-state index contributed by atoms with van der Waals surface area (Å²) in [6.45, 7) is 5.80. The molecule has 1 fully saturated rings. The van der Waals surface area contributed by atoms with Gasteiger partial charge in [-0.05, 0) is 38.7 Å². The molecule has 1 saturated heterocycles. The van der Waals surface area contributed by atoms with E-state index in [9.17, 15) is 4.79 Å². The molecule has 128 valence electrons. The van der Waals surface area contributed by atoms with Gasteiger partial charge in [-0.2, -0.15) is 0 Å². The maximum atomic E-state index is 12.6. The summed E-state index contributed by atoms with van der Waals surface area (Å²) in [5.74, 6) is 1.05. The minimum atomic E-state index is -0.143. The van der Waals surface area contributed by atoms with Gasteiger partial charge < -0.3 is 9.47 Å². The zero-order chi connectivity index (χ0) is 17.1. The molecule has 1 aromatic heterocycles. The maximum absolute atomic E-state index is 12.6. The highest BCUT2D eigenvalue weighted by molar-refractivity contribution is 8.00. The van der Waals surface area contributed by atoms with Gasteiger partial charge in [-0.15, -0.1) is 10.2 Å². The van der Waals surface area contributed by atoms with Gasteiger partial charge in [0.1, 0.15) is 0 Å². The standard InChI is InChI=1S/C18H24N4OS/c1-13-9-5-6-10-15(13)16-19-20-18(21(16)3)24-14(2)17(23)22-11-7-4-8-12-22/h5-6,9-10,14H,4,7-8,11-12H2,1-3H3/t14-/m1/s1. The van der Waals surface area contributed by atoms with E-state index in [2.05, 4.69) is 29.3 Å². The number of piperidine rings is 1. The van der Waals surface area contributed by atoms with Crippen molar-refractivity contribution in [3.05, 3.63) is 29.8 Å². The van der Waals surface area contributed by atoms with Crippen molar-refractivity contribution in [1.29, 1.82) is 0 Å². The van der Waals surface area contributed by atoms with Crippen molar-refractivity contribution < 1.29 is 4.79 Å². The zero-order valence-corrected chi connectivity index (χ0v) is 15.3. The van der Waals surface area contributed by atoms with Crippen LogP contribution in [0.5, 0.6) is 0 Å². The summed E-state index contributed by atoms with van der Waals surface area (Å²) in [4.78, 5) is 14.6. The SMILES string of the molecule is Cc1ccccc1-c1nnc(S[C@H](C)C(=O)N2CCCCC2)n1C. The molecule has 6 heteroatoms.